The number of amides is 1. The summed E-state index contributed by atoms with van der Waals surface area (Å²) in [5, 5.41) is 2.43. The predicted octanol–water partition coefficient (Wildman–Crippen LogP) is 1.80. The molecule has 0 unspecified atom stereocenters. The van der Waals surface area contributed by atoms with Crippen molar-refractivity contribution in [1.29, 1.82) is 0 Å². The Labute approximate surface area is 139 Å². The molecule has 1 N–H and O–H groups in total. The summed E-state index contributed by atoms with van der Waals surface area (Å²) in [4.78, 5) is 23.4. The highest BCUT2D eigenvalue weighted by Gasteiger charge is 2.15. The Kier molecular flexibility index (Phi) is 5.75. The third kappa shape index (κ3) is 5.24. The molecule has 2 aromatic rings. The standard InChI is InChI=1S/C16H17NO6S/c1-24(20,21)14-7-3-2-6-13(14)17-15(18)11-23-16(19)9-8-12-5-4-10-22-12/h2-7,10H,8-9,11H2,1H3,(H,17,18). The molecule has 1 aromatic heterocycles. The van der Waals surface area contributed by atoms with Crippen LogP contribution in [0.5, 0.6) is 0 Å². The normalized spacial score (nSPS) is 11.0. The van der Waals surface area contributed by atoms with Crippen LogP contribution >= 0.6 is 0 Å². The van der Waals surface area contributed by atoms with Crippen molar-refractivity contribution >= 4 is 27.4 Å². The van der Waals surface area contributed by atoms with Crippen molar-refractivity contribution in [1.82, 2.24) is 0 Å². The van der Waals surface area contributed by atoms with E-state index in [0.29, 0.717) is 12.2 Å². The largest absolute Gasteiger partial charge is 0.469 e. The summed E-state index contributed by atoms with van der Waals surface area (Å²) in [6, 6.07) is 9.46. The van der Waals surface area contributed by atoms with Crippen molar-refractivity contribution in [2.24, 2.45) is 0 Å². The molecule has 1 aromatic carbocycles. The molecule has 0 bridgehead atoms. The molecule has 7 nitrogen and oxygen atoms in total. The van der Waals surface area contributed by atoms with Crippen LogP contribution in [0.15, 0.2) is 52.0 Å². The molecule has 0 aliphatic heterocycles. The number of ether oxygens (including phenoxy) is 1. The number of para-hydroxylation sites is 1. The van der Waals surface area contributed by atoms with E-state index in [1.807, 2.05) is 0 Å². The fraction of sp³-hybridized carbons (Fsp3) is 0.250. The molecule has 2 rings (SSSR count). The fourth-order valence-corrected chi connectivity index (χ4v) is 2.82. The summed E-state index contributed by atoms with van der Waals surface area (Å²) in [5.74, 6) is -0.506. The monoisotopic (exact) mass is 351 g/mol. The Morgan fingerprint density at radius 3 is 2.58 bits per heavy atom. The number of rotatable bonds is 7. The van der Waals surface area contributed by atoms with E-state index in [9.17, 15) is 18.0 Å². The first-order valence-corrected chi connectivity index (χ1v) is 9.02. The van der Waals surface area contributed by atoms with E-state index in [2.05, 4.69) is 5.32 Å². The molecular weight excluding hydrogens is 334 g/mol. The maximum atomic E-state index is 11.8. The van der Waals surface area contributed by atoms with Gasteiger partial charge in [-0.2, -0.15) is 0 Å². The van der Waals surface area contributed by atoms with E-state index in [4.69, 9.17) is 9.15 Å². The average Bonchev–Trinajstić information content (AvgIpc) is 3.04. The van der Waals surface area contributed by atoms with Crippen LogP contribution in [0, 0.1) is 0 Å². The summed E-state index contributed by atoms with van der Waals surface area (Å²) in [6.07, 6.45) is 3.02. The number of carbonyl (C=O) groups excluding carboxylic acids is 2. The van der Waals surface area contributed by atoms with E-state index in [-0.39, 0.29) is 17.0 Å². The third-order valence-corrected chi connectivity index (χ3v) is 4.24. The highest BCUT2D eigenvalue weighted by atomic mass is 32.2. The highest BCUT2D eigenvalue weighted by Crippen LogP contribution is 2.20. The van der Waals surface area contributed by atoms with Gasteiger partial charge in [-0.3, -0.25) is 9.59 Å². The average molecular weight is 351 g/mol. The van der Waals surface area contributed by atoms with Gasteiger partial charge in [-0.15, -0.1) is 0 Å². The van der Waals surface area contributed by atoms with Crippen LogP contribution in [0.1, 0.15) is 12.2 Å². The van der Waals surface area contributed by atoms with Crippen molar-refractivity contribution in [3.8, 4) is 0 Å². The Balaban J connectivity index is 1.84. The first-order valence-electron chi connectivity index (χ1n) is 7.13. The minimum absolute atomic E-state index is 0.00231. The molecule has 128 valence electrons. The first kappa shape index (κ1) is 17.7. The molecule has 0 aliphatic rings. The number of furan rings is 1. The Morgan fingerprint density at radius 1 is 1.17 bits per heavy atom. The zero-order valence-electron chi connectivity index (χ0n) is 13.0. The second-order valence-corrected chi connectivity index (χ2v) is 7.04. The van der Waals surface area contributed by atoms with Gasteiger partial charge >= 0.3 is 5.97 Å². The molecule has 24 heavy (non-hydrogen) atoms. The SMILES string of the molecule is CS(=O)(=O)c1ccccc1NC(=O)COC(=O)CCc1ccco1. The first-order chi connectivity index (χ1) is 11.4. The lowest BCUT2D eigenvalue weighted by Crippen LogP contribution is -2.22. The highest BCUT2D eigenvalue weighted by molar-refractivity contribution is 7.90. The van der Waals surface area contributed by atoms with E-state index in [0.717, 1.165) is 6.26 Å². The summed E-state index contributed by atoms with van der Waals surface area (Å²) in [7, 11) is -3.48. The number of carbonyl (C=O) groups is 2. The molecule has 0 fully saturated rings. The van der Waals surface area contributed by atoms with Gasteiger partial charge in [0.25, 0.3) is 5.91 Å². The lowest BCUT2D eigenvalue weighted by atomic mass is 10.2. The predicted molar refractivity (Wildman–Crippen MR) is 86.2 cm³/mol. The lowest BCUT2D eigenvalue weighted by molar-refractivity contribution is -0.147. The summed E-state index contributed by atoms with van der Waals surface area (Å²) in [6.45, 7) is -0.491. The van der Waals surface area contributed by atoms with Crippen molar-refractivity contribution in [3.63, 3.8) is 0 Å². The second-order valence-electron chi connectivity index (χ2n) is 5.06. The summed E-state index contributed by atoms with van der Waals surface area (Å²) >= 11 is 0. The van der Waals surface area contributed by atoms with E-state index >= 15 is 0 Å². The van der Waals surface area contributed by atoms with Gasteiger partial charge in [0.05, 0.1) is 23.3 Å². The molecule has 1 amide bonds. The van der Waals surface area contributed by atoms with Crippen LogP contribution in [0.3, 0.4) is 0 Å². The van der Waals surface area contributed by atoms with Crippen LogP contribution in [0.4, 0.5) is 5.69 Å². The lowest BCUT2D eigenvalue weighted by Gasteiger charge is -2.10. The molecule has 1 heterocycles. The van der Waals surface area contributed by atoms with Crippen LogP contribution in [0.2, 0.25) is 0 Å². The quantitative estimate of drug-likeness (QED) is 0.763. The second kappa shape index (κ2) is 7.78. The number of aryl methyl sites for hydroxylation is 1. The fourth-order valence-electron chi connectivity index (χ4n) is 1.98. The van der Waals surface area contributed by atoms with Crippen LogP contribution in [0.25, 0.3) is 0 Å². The number of nitrogens with one attached hydrogen (secondary N) is 1. The molecule has 0 radical (unpaired) electrons. The minimum Gasteiger partial charge on any atom is -0.469 e. The number of hydrogen-bond donors (Lipinski definition) is 1. The summed E-state index contributed by atoms with van der Waals surface area (Å²) < 4.78 is 33.3. The van der Waals surface area contributed by atoms with E-state index < -0.39 is 28.3 Å². The number of sulfone groups is 1. The molecule has 0 atom stereocenters. The maximum absolute atomic E-state index is 11.8. The van der Waals surface area contributed by atoms with Crippen LogP contribution < -0.4 is 5.32 Å². The van der Waals surface area contributed by atoms with E-state index in [1.165, 1.54) is 18.4 Å². The number of hydrogen-bond acceptors (Lipinski definition) is 6. The van der Waals surface area contributed by atoms with Gasteiger partial charge in [-0.25, -0.2) is 8.42 Å². The topological polar surface area (TPSA) is 103 Å². The zero-order chi connectivity index (χ0) is 17.6. The zero-order valence-corrected chi connectivity index (χ0v) is 13.8. The smallest absolute Gasteiger partial charge is 0.306 e. The van der Waals surface area contributed by atoms with Crippen LogP contribution in [-0.4, -0.2) is 33.2 Å². The van der Waals surface area contributed by atoms with Gasteiger partial charge in [0, 0.05) is 12.7 Å². The van der Waals surface area contributed by atoms with Gasteiger partial charge in [-0.05, 0) is 24.3 Å². The van der Waals surface area contributed by atoms with Gasteiger partial charge in [0.1, 0.15) is 5.76 Å². The van der Waals surface area contributed by atoms with Crippen molar-refractivity contribution in [2.75, 3.05) is 18.2 Å². The third-order valence-electron chi connectivity index (χ3n) is 3.08. The van der Waals surface area contributed by atoms with Gasteiger partial charge in [-0.1, -0.05) is 12.1 Å². The van der Waals surface area contributed by atoms with E-state index in [1.54, 1.807) is 24.3 Å². The minimum atomic E-state index is -3.48. The van der Waals surface area contributed by atoms with Gasteiger partial charge in [0.15, 0.2) is 16.4 Å². The van der Waals surface area contributed by atoms with Crippen molar-refractivity contribution in [3.05, 3.63) is 48.4 Å². The molecule has 0 saturated heterocycles. The molecule has 0 saturated carbocycles. The van der Waals surface area contributed by atoms with Crippen molar-refractivity contribution in [2.45, 2.75) is 17.7 Å². The molecule has 8 heteroatoms. The van der Waals surface area contributed by atoms with Gasteiger partial charge < -0.3 is 14.5 Å². The summed E-state index contributed by atoms with van der Waals surface area (Å²) in [5.41, 5.74) is 0.150. The molecule has 0 aliphatic carbocycles. The maximum Gasteiger partial charge on any atom is 0.306 e. The Bertz CT molecular complexity index is 811. The number of esters is 1. The molecular formula is C16H17NO6S. The van der Waals surface area contributed by atoms with Crippen LogP contribution in [-0.2, 0) is 30.6 Å². The van der Waals surface area contributed by atoms with Crippen molar-refractivity contribution < 1.29 is 27.2 Å². The Hall–Kier alpha value is -2.61. The van der Waals surface area contributed by atoms with Gasteiger partial charge in [0.2, 0.25) is 0 Å². The number of benzene rings is 1. The number of anilines is 1. The molecule has 0 spiro atoms. The Morgan fingerprint density at radius 2 is 1.92 bits per heavy atom.